The highest BCUT2D eigenvalue weighted by Crippen LogP contribution is 2.45. The third kappa shape index (κ3) is 74.4. The van der Waals surface area contributed by atoms with E-state index in [2.05, 4.69) is 65.8 Å². The lowest BCUT2D eigenvalue weighted by molar-refractivity contribution is -0.161. The fourth-order valence-electron chi connectivity index (χ4n) is 12.3. The van der Waals surface area contributed by atoms with Crippen molar-refractivity contribution < 1.29 is 80.2 Å². The van der Waals surface area contributed by atoms with E-state index in [0.717, 1.165) is 121 Å². The molecule has 0 heterocycles. The number of aliphatic hydroxyl groups is 1. The first-order chi connectivity index (χ1) is 49.4. The van der Waals surface area contributed by atoms with Crippen LogP contribution in [0.5, 0.6) is 0 Å². The minimum absolute atomic E-state index is 0.102. The molecule has 0 saturated heterocycles. The predicted octanol–water partition coefficient (Wildman–Crippen LogP) is 24.6. The van der Waals surface area contributed by atoms with Crippen LogP contribution in [0.15, 0.2) is 24.3 Å². The Kier molecular flexibility index (Phi) is 72.2. The summed E-state index contributed by atoms with van der Waals surface area (Å²) < 4.78 is 68.7. The van der Waals surface area contributed by atoms with Crippen molar-refractivity contribution in [1.29, 1.82) is 0 Å². The van der Waals surface area contributed by atoms with Gasteiger partial charge in [-0.2, -0.15) is 0 Å². The average Bonchev–Trinajstić information content (AvgIpc) is 0.917. The number of aliphatic hydroxyl groups excluding tert-OH is 1. The second-order valence-electron chi connectivity index (χ2n) is 29.9. The van der Waals surface area contributed by atoms with Crippen LogP contribution in [-0.4, -0.2) is 96.7 Å². The minimum atomic E-state index is -4.97. The number of carbonyl (C=O) groups excluding carboxylic acids is 4. The lowest BCUT2D eigenvalue weighted by Gasteiger charge is -2.21. The third-order valence-electron chi connectivity index (χ3n) is 19.2. The fourth-order valence-corrected chi connectivity index (χ4v) is 13.9. The van der Waals surface area contributed by atoms with Crippen molar-refractivity contribution >= 4 is 39.5 Å². The first kappa shape index (κ1) is 99.5. The Balaban J connectivity index is 5.26. The SMILES string of the molecule is CCCCCC/C=C\C=C/CCCCCCCC(=O)OC[C@H](COP(=O)(O)OC[C@@H](O)COP(=O)(O)OC[C@@H](COC(=O)CCCCCCCCCCCCCC)OC(=O)CCCCCCCCCCCCC(C)C)OC(=O)CCCCCCCCCCCCCCCCCCCCC(C)CC. The zero-order valence-corrected chi connectivity index (χ0v) is 68.2. The highest BCUT2D eigenvalue weighted by atomic mass is 31.2. The van der Waals surface area contributed by atoms with E-state index in [1.807, 2.05) is 0 Å². The van der Waals surface area contributed by atoms with Crippen molar-refractivity contribution in [2.45, 2.75) is 432 Å². The van der Waals surface area contributed by atoms with Crippen LogP contribution in [-0.2, 0) is 65.4 Å². The van der Waals surface area contributed by atoms with Gasteiger partial charge in [0.1, 0.15) is 19.3 Å². The van der Waals surface area contributed by atoms with Gasteiger partial charge in [0.25, 0.3) is 0 Å². The van der Waals surface area contributed by atoms with E-state index in [1.165, 1.54) is 212 Å². The maximum Gasteiger partial charge on any atom is 0.472 e. The number of hydrogen-bond donors (Lipinski definition) is 3. The van der Waals surface area contributed by atoms with Gasteiger partial charge in [-0.3, -0.25) is 37.3 Å². The molecule has 0 spiro atoms. The van der Waals surface area contributed by atoms with E-state index in [0.29, 0.717) is 25.7 Å². The molecule has 0 radical (unpaired) electrons. The molecule has 0 amide bonds. The van der Waals surface area contributed by atoms with Crippen LogP contribution in [0.3, 0.4) is 0 Å². The molecule has 0 bridgehead atoms. The van der Waals surface area contributed by atoms with Crippen LogP contribution in [0, 0.1) is 11.8 Å². The molecule has 0 rings (SSSR count). The Morgan fingerprint density at radius 3 is 0.882 bits per heavy atom. The Labute approximate surface area is 624 Å². The molecule has 6 atom stereocenters. The third-order valence-corrected chi connectivity index (χ3v) is 21.1. The highest BCUT2D eigenvalue weighted by Gasteiger charge is 2.30. The molecule has 102 heavy (non-hydrogen) atoms. The van der Waals surface area contributed by atoms with Gasteiger partial charge in [0.05, 0.1) is 26.4 Å². The molecule has 0 aliphatic carbocycles. The number of allylic oxidation sites excluding steroid dienone is 4. The molecule has 0 aromatic heterocycles. The van der Waals surface area contributed by atoms with Gasteiger partial charge in [-0.25, -0.2) is 9.13 Å². The number of unbranched alkanes of at least 4 members (excludes halogenated alkanes) is 46. The van der Waals surface area contributed by atoms with Crippen LogP contribution in [0.1, 0.15) is 414 Å². The summed E-state index contributed by atoms with van der Waals surface area (Å²) in [6.45, 7) is 9.63. The van der Waals surface area contributed by atoms with Gasteiger partial charge in [0.2, 0.25) is 0 Å². The average molecular weight is 1490 g/mol. The Hall–Kier alpha value is -2.46. The highest BCUT2D eigenvalue weighted by molar-refractivity contribution is 7.47. The van der Waals surface area contributed by atoms with E-state index < -0.39 is 97.5 Å². The normalized spacial score (nSPS) is 14.3. The van der Waals surface area contributed by atoms with Gasteiger partial charge in [-0.05, 0) is 63.2 Å². The van der Waals surface area contributed by atoms with E-state index in [-0.39, 0.29) is 25.7 Å². The molecule has 0 aromatic carbocycles. The smallest absolute Gasteiger partial charge is 0.462 e. The van der Waals surface area contributed by atoms with E-state index in [1.54, 1.807) is 0 Å². The summed E-state index contributed by atoms with van der Waals surface area (Å²) in [4.78, 5) is 73.1. The zero-order valence-electron chi connectivity index (χ0n) is 66.4. The fraction of sp³-hybridized carbons (Fsp3) is 0.904. The number of esters is 4. The summed E-state index contributed by atoms with van der Waals surface area (Å²) in [5.74, 6) is -0.516. The molecule has 3 N–H and O–H groups in total. The van der Waals surface area contributed by atoms with Gasteiger partial charge >= 0.3 is 39.5 Å². The van der Waals surface area contributed by atoms with Gasteiger partial charge in [0.15, 0.2) is 12.2 Å². The van der Waals surface area contributed by atoms with Crippen LogP contribution < -0.4 is 0 Å². The van der Waals surface area contributed by atoms with Crippen molar-refractivity contribution in [3.63, 3.8) is 0 Å². The summed E-state index contributed by atoms with van der Waals surface area (Å²) >= 11 is 0. The number of carbonyl (C=O) groups is 4. The number of ether oxygens (including phenoxy) is 4. The number of hydrogen-bond acceptors (Lipinski definition) is 15. The van der Waals surface area contributed by atoms with Crippen molar-refractivity contribution in [2.24, 2.45) is 11.8 Å². The van der Waals surface area contributed by atoms with Crippen LogP contribution in [0.2, 0.25) is 0 Å². The standard InChI is InChI=1S/C83H158O17P2/c1-7-10-12-14-16-18-20-22-27-31-35-42-48-54-60-66-81(86)94-71-78(99-82(87)67-61-55-49-43-36-32-29-26-24-23-25-28-30-33-40-46-52-58-64-76(6)9-3)73-97-101(89,90)95-69-77(84)70-96-102(91,92)98-74-79(72-93-80(85)65-59-53-47-41-34-21-19-17-15-13-11-8-2)100-83(88)68-62-56-50-44-38-37-39-45-51-57-63-75(4)5/h18,20,22,27,75-79,84H,7-17,19,21,23-26,28-74H2,1-6H3,(H,89,90)(H,91,92)/b20-18-,27-22-/t76?,77-,78-,79-/m1/s1. The molecule has 602 valence electrons. The molecule has 0 aromatic rings. The predicted molar refractivity (Wildman–Crippen MR) is 418 cm³/mol. The van der Waals surface area contributed by atoms with E-state index >= 15 is 0 Å². The largest absolute Gasteiger partial charge is 0.472 e. The van der Waals surface area contributed by atoms with Crippen LogP contribution in [0.25, 0.3) is 0 Å². The number of phosphoric ester groups is 2. The van der Waals surface area contributed by atoms with Crippen molar-refractivity contribution in [2.75, 3.05) is 39.6 Å². The summed E-state index contributed by atoms with van der Waals surface area (Å²) in [7, 11) is -9.93. The summed E-state index contributed by atoms with van der Waals surface area (Å²) in [5, 5.41) is 10.6. The van der Waals surface area contributed by atoms with Crippen molar-refractivity contribution in [1.82, 2.24) is 0 Å². The molecular weight excluding hydrogens is 1330 g/mol. The van der Waals surface area contributed by atoms with Crippen LogP contribution in [0.4, 0.5) is 0 Å². The maximum absolute atomic E-state index is 13.1. The summed E-state index contributed by atoms with van der Waals surface area (Å²) in [6.07, 6.45) is 67.3. The second kappa shape index (κ2) is 74.0. The maximum atomic E-state index is 13.1. The van der Waals surface area contributed by atoms with Crippen LogP contribution >= 0.6 is 15.6 Å². The number of phosphoric acid groups is 2. The van der Waals surface area contributed by atoms with Crippen molar-refractivity contribution in [3.8, 4) is 0 Å². The molecule has 3 unspecified atom stereocenters. The Morgan fingerprint density at radius 2 is 0.578 bits per heavy atom. The Bertz CT molecular complexity index is 2060. The first-order valence-electron chi connectivity index (χ1n) is 42.3. The van der Waals surface area contributed by atoms with Gasteiger partial charge in [-0.1, -0.05) is 361 Å². The Morgan fingerprint density at radius 1 is 0.324 bits per heavy atom. The lowest BCUT2D eigenvalue weighted by atomic mass is 9.99. The zero-order chi connectivity index (χ0) is 74.9. The molecular formula is C83H158O17P2. The summed E-state index contributed by atoms with van der Waals surface area (Å²) in [6, 6.07) is 0. The molecule has 0 aliphatic rings. The summed E-state index contributed by atoms with van der Waals surface area (Å²) in [5.41, 5.74) is 0. The molecule has 0 fully saturated rings. The molecule has 0 aliphatic heterocycles. The van der Waals surface area contributed by atoms with E-state index in [4.69, 9.17) is 37.0 Å². The molecule has 0 saturated carbocycles. The van der Waals surface area contributed by atoms with Crippen molar-refractivity contribution in [3.05, 3.63) is 24.3 Å². The lowest BCUT2D eigenvalue weighted by Crippen LogP contribution is -2.30. The van der Waals surface area contributed by atoms with Gasteiger partial charge < -0.3 is 33.8 Å². The first-order valence-corrected chi connectivity index (χ1v) is 45.3. The molecule has 17 nitrogen and oxygen atoms in total. The second-order valence-corrected chi connectivity index (χ2v) is 32.8. The topological polar surface area (TPSA) is 237 Å². The molecule has 19 heteroatoms. The van der Waals surface area contributed by atoms with Gasteiger partial charge in [-0.15, -0.1) is 0 Å². The monoisotopic (exact) mass is 1490 g/mol. The van der Waals surface area contributed by atoms with Gasteiger partial charge in [0, 0.05) is 25.7 Å². The minimum Gasteiger partial charge on any atom is -0.462 e. The quantitative estimate of drug-likeness (QED) is 0.0169. The number of rotatable bonds is 80. The van der Waals surface area contributed by atoms with E-state index in [9.17, 15) is 43.2 Å².